The van der Waals surface area contributed by atoms with Crippen LogP contribution in [0.5, 0.6) is 0 Å². The predicted octanol–water partition coefficient (Wildman–Crippen LogP) is 2.11. The first-order valence-electron chi connectivity index (χ1n) is 5.78. The molecule has 0 radical (unpaired) electrons. The Labute approximate surface area is 95.8 Å². The van der Waals surface area contributed by atoms with Gasteiger partial charge in [0, 0.05) is 26.3 Å². The highest BCUT2D eigenvalue weighted by molar-refractivity contribution is 5.86. The third kappa shape index (κ3) is 2.30. The number of fused-ring (bicyclic) bond motifs is 1. The minimum Gasteiger partial charge on any atom is -0.385 e. The molecule has 1 heterocycles. The van der Waals surface area contributed by atoms with E-state index >= 15 is 0 Å². The molecule has 1 atom stereocenters. The molecule has 0 N–H and O–H groups in total. The fourth-order valence-corrected chi connectivity index (χ4v) is 2.29. The second-order valence-electron chi connectivity index (χ2n) is 4.20. The van der Waals surface area contributed by atoms with Crippen LogP contribution in [0.15, 0.2) is 18.3 Å². The van der Waals surface area contributed by atoms with E-state index in [9.17, 15) is 4.79 Å². The predicted molar refractivity (Wildman–Crippen MR) is 61.4 cm³/mol. The summed E-state index contributed by atoms with van der Waals surface area (Å²) in [6.45, 7) is 0.660. The molecule has 0 aromatic carbocycles. The van der Waals surface area contributed by atoms with Gasteiger partial charge in [-0.15, -0.1) is 0 Å². The van der Waals surface area contributed by atoms with Gasteiger partial charge in [-0.3, -0.25) is 9.78 Å². The fourth-order valence-electron chi connectivity index (χ4n) is 2.29. The van der Waals surface area contributed by atoms with Crippen molar-refractivity contribution in [1.82, 2.24) is 4.98 Å². The Morgan fingerprint density at radius 1 is 1.62 bits per heavy atom. The van der Waals surface area contributed by atoms with Gasteiger partial charge in [0.05, 0.1) is 11.6 Å². The molecule has 0 aliphatic heterocycles. The Bertz CT molecular complexity index is 376. The van der Waals surface area contributed by atoms with Gasteiger partial charge in [0.15, 0.2) is 0 Å². The Morgan fingerprint density at radius 3 is 3.31 bits per heavy atom. The van der Waals surface area contributed by atoms with Crippen molar-refractivity contribution in [2.45, 2.75) is 31.6 Å². The fraction of sp³-hybridized carbons (Fsp3) is 0.538. The number of carbonyl (C=O) groups excluding carboxylic acids is 1. The summed E-state index contributed by atoms with van der Waals surface area (Å²) < 4.78 is 4.96. The van der Waals surface area contributed by atoms with Gasteiger partial charge in [-0.2, -0.15) is 0 Å². The molecule has 2 rings (SSSR count). The van der Waals surface area contributed by atoms with Gasteiger partial charge in [-0.25, -0.2) is 0 Å². The zero-order valence-corrected chi connectivity index (χ0v) is 9.61. The lowest BCUT2D eigenvalue weighted by molar-refractivity contribution is -0.120. The summed E-state index contributed by atoms with van der Waals surface area (Å²) in [6.07, 6.45) is 5.12. The third-order valence-electron chi connectivity index (χ3n) is 3.12. The van der Waals surface area contributed by atoms with Crippen LogP contribution in [0.25, 0.3) is 0 Å². The highest BCUT2D eigenvalue weighted by Crippen LogP contribution is 2.32. The summed E-state index contributed by atoms with van der Waals surface area (Å²) in [6, 6.07) is 4.02. The molecule has 0 fully saturated rings. The molecule has 1 aromatic rings. The van der Waals surface area contributed by atoms with Gasteiger partial charge in [-0.05, 0) is 30.9 Å². The van der Waals surface area contributed by atoms with E-state index in [0.717, 1.165) is 25.0 Å². The molecule has 1 aliphatic carbocycles. The minimum atomic E-state index is 0.0352. The second-order valence-corrected chi connectivity index (χ2v) is 4.20. The van der Waals surface area contributed by atoms with Crippen molar-refractivity contribution in [1.29, 1.82) is 0 Å². The first kappa shape index (κ1) is 11.3. The maximum atomic E-state index is 12.0. The minimum absolute atomic E-state index is 0.0352. The van der Waals surface area contributed by atoms with Gasteiger partial charge < -0.3 is 4.74 Å². The Balaban J connectivity index is 1.99. The number of ether oxygens (including phenoxy) is 1. The lowest BCUT2D eigenvalue weighted by Gasteiger charge is -2.08. The second kappa shape index (κ2) is 5.21. The average Bonchev–Trinajstić information content (AvgIpc) is 2.73. The van der Waals surface area contributed by atoms with Crippen LogP contribution in [-0.4, -0.2) is 24.5 Å². The summed E-state index contributed by atoms with van der Waals surface area (Å²) in [4.78, 5) is 16.3. The zero-order valence-electron chi connectivity index (χ0n) is 9.61. The number of hydrogen-bond acceptors (Lipinski definition) is 3. The quantitative estimate of drug-likeness (QED) is 0.712. The van der Waals surface area contributed by atoms with Gasteiger partial charge in [0.25, 0.3) is 0 Å². The van der Waals surface area contributed by atoms with Crippen molar-refractivity contribution in [2.24, 2.45) is 0 Å². The van der Waals surface area contributed by atoms with Crippen molar-refractivity contribution in [2.75, 3.05) is 13.7 Å². The summed E-state index contributed by atoms with van der Waals surface area (Å²) in [5, 5.41) is 0. The molecule has 1 unspecified atom stereocenters. The third-order valence-corrected chi connectivity index (χ3v) is 3.12. The van der Waals surface area contributed by atoms with Crippen molar-refractivity contribution >= 4 is 5.78 Å². The number of nitrogens with zero attached hydrogens (tertiary/aromatic N) is 1. The first-order chi connectivity index (χ1) is 7.83. The molecule has 1 aliphatic rings. The number of ketones is 1. The zero-order chi connectivity index (χ0) is 11.4. The molecular weight excluding hydrogens is 202 g/mol. The van der Waals surface area contributed by atoms with Crippen molar-refractivity contribution in [3.63, 3.8) is 0 Å². The molecule has 0 bridgehead atoms. The first-order valence-corrected chi connectivity index (χ1v) is 5.78. The smallest absolute Gasteiger partial charge is 0.142 e. The maximum Gasteiger partial charge on any atom is 0.142 e. The number of Topliss-reactive ketones (excluding diaryl/α,β-unsaturated/α-hetero) is 1. The number of aryl methyl sites for hydroxylation is 1. The summed E-state index contributed by atoms with van der Waals surface area (Å²) >= 11 is 0. The summed E-state index contributed by atoms with van der Waals surface area (Å²) in [5.41, 5.74) is 2.25. The molecule has 0 amide bonds. The average molecular weight is 219 g/mol. The monoisotopic (exact) mass is 219 g/mol. The van der Waals surface area contributed by atoms with E-state index in [1.54, 1.807) is 13.3 Å². The number of methoxy groups -OCH3 is 1. The molecule has 0 saturated heterocycles. The highest BCUT2D eigenvalue weighted by Gasteiger charge is 2.28. The molecule has 3 heteroatoms. The molecule has 0 saturated carbocycles. The van der Waals surface area contributed by atoms with E-state index < -0.39 is 0 Å². The van der Waals surface area contributed by atoms with E-state index in [0.29, 0.717) is 18.8 Å². The van der Waals surface area contributed by atoms with Gasteiger partial charge in [0.2, 0.25) is 0 Å². The standard InChI is InChI=1S/C13H17NO2/c1-16-9-3-5-12(15)11-7-6-10-4-2-8-14-13(10)11/h2,4,8,11H,3,5-7,9H2,1H3. The summed E-state index contributed by atoms with van der Waals surface area (Å²) in [7, 11) is 1.66. The van der Waals surface area contributed by atoms with Crippen LogP contribution >= 0.6 is 0 Å². The van der Waals surface area contributed by atoms with Crippen LogP contribution in [0, 0.1) is 0 Å². The maximum absolute atomic E-state index is 12.0. The van der Waals surface area contributed by atoms with Crippen molar-refractivity contribution < 1.29 is 9.53 Å². The number of carbonyl (C=O) groups is 1. The van der Waals surface area contributed by atoms with Gasteiger partial charge >= 0.3 is 0 Å². The number of pyridine rings is 1. The molecular formula is C13H17NO2. The van der Waals surface area contributed by atoms with Crippen LogP contribution in [0.1, 0.15) is 36.4 Å². The lowest BCUT2D eigenvalue weighted by atomic mass is 9.98. The Morgan fingerprint density at radius 2 is 2.50 bits per heavy atom. The number of hydrogen-bond donors (Lipinski definition) is 0. The van der Waals surface area contributed by atoms with Crippen LogP contribution in [0.4, 0.5) is 0 Å². The number of rotatable bonds is 5. The van der Waals surface area contributed by atoms with Crippen LogP contribution in [-0.2, 0) is 16.0 Å². The number of aromatic nitrogens is 1. The van der Waals surface area contributed by atoms with E-state index in [-0.39, 0.29) is 5.92 Å². The Hall–Kier alpha value is -1.22. The van der Waals surface area contributed by atoms with E-state index in [1.165, 1.54) is 5.56 Å². The normalized spacial score (nSPS) is 18.4. The Kier molecular flexibility index (Phi) is 3.67. The van der Waals surface area contributed by atoms with E-state index in [4.69, 9.17) is 4.74 Å². The SMILES string of the molecule is COCCCC(=O)C1CCc2cccnc21. The topological polar surface area (TPSA) is 39.2 Å². The van der Waals surface area contributed by atoms with Gasteiger partial charge in [0.1, 0.15) is 5.78 Å². The van der Waals surface area contributed by atoms with Crippen molar-refractivity contribution in [3.05, 3.63) is 29.6 Å². The molecule has 16 heavy (non-hydrogen) atoms. The van der Waals surface area contributed by atoms with Crippen LogP contribution < -0.4 is 0 Å². The van der Waals surface area contributed by atoms with E-state index in [1.807, 2.05) is 6.07 Å². The van der Waals surface area contributed by atoms with Crippen molar-refractivity contribution in [3.8, 4) is 0 Å². The van der Waals surface area contributed by atoms with E-state index in [2.05, 4.69) is 11.1 Å². The summed E-state index contributed by atoms with van der Waals surface area (Å²) in [5.74, 6) is 0.350. The van der Waals surface area contributed by atoms with Crippen LogP contribution in [0.2, 0.25) is 0 Å². The molecule has 1 aromatic heterocycles. The molecule has 3 nitrogen and oxygen atoms in total. The lowest BCUT2D eigenvalue weighted by Crippen LogP contribution is -2.11. The highest BCUT2D eigenvalue weighted by atomic mass is 16.5. The largest absolute Gasteiger partial charge is 0.385 e. The van der Waals surface area contributed by atoms with Gasteiger partial charge in [-0.1, -0.05) is 6.07 Å². The molecule has 86 valence electrons. The van der Waals surface area contributed by atoms with Crippen LogP contribution in [0.3, 0.4) is 0 Å². The molecule has 0 spiro atoms.